The molecule has 7 heteroatoms. The second kappa shape index (κ2) is 7.68. The van der Waals surface area contributed by atoms with Gasteiger partial charge in [0.2, 0.25) is 0 Å². The summed E-state index contributed by atoms with van der Waals surface area (Å²) in [5.41, 5.74) is -1.23. The molecule has 2 amide bonds. The summed E-state index contributed by atoms with van der Waals surface area (Å²) in [6.07, 6.45) is 0.597. The number of nitrogens with one attached hydrogen (secondary N) is 1. The Kier molecular flexibility index (Phi) is 7.23. The van der Waals surface area contributed by atoms with Gasteiger partial charge in [0.15, 0.2) is 5.17 Å². The summed E-state index contributed by atoms with van der Waals surface area (Å²) in [7, 11) is -0.753. The maximum atomic E-state index is 11.8. The van der Waals surface area contributed by atoms with Crippen LogP contribution in [-0.4, -0.2) is 40.6 Å². The topological polar surface area (TPSA) is 77.0 Å². The van der Waals surface area contributed by atoms with E-state index >= 15 is 0 Å². The van der Waals surface area contributed by atoms with Crippen molar-refractivity contribution in [2.45, 2.75) is 59.7 Å². The van der Waals surface area contributed by atoms with E-state index in [9.17, 15) is 9.59 Å². The van der Waals surface area contributed by atoms with E-state index < -0.39 is 34.3 Å². The number of hydrogen-bond acceptors (Lipinski definition) is 4. The van der Waals surface area contributed by atoms with Crippen molar-refractivity contribution >= 4 is 28.2 Å². The monoisotopic (exact) mass is 320 g/mol. The molecule has 0 aliphatic carbocycles. The number of hydrogen-bond donors (Lipinski definition) is 2. The lowest BCUT2D eigenvalue weighted by Gasteiger charge is -2.23. The van der Waals surface area contributed by atoms with E-state index in [0.29, 0.717) is 5.17 Å². The normalized spacial score (nSPS) is 15.2. The first kappa shape index (κ1) is 19.8. The van der Waals surface area contributed by atoms with Gasteiger partial charge in [-0.05, 0) is 53.6 Å². The van der Waals surface area contributed by atoms with Crippen LogP contribution in [0.5, 0.6) is 0 Å². The van der Waals surface area contributed by atoms with Crippen LogP contribution in [0.4, 0.5) is 9.59 Å². The first-order valence-electron chi connectivity index (χ1n) is 6.87. The van der Waals surface area contributed by atoms with Gasteiger partial charge in [-0.25, -0.2) is 9.59 Å². The highest BCUT2D eigenvalue weighted by Gasteiger charge is 2.21. The fourth-order valence-corrected chi connectivity index (χ4v) is 1.96. The molecule has 0 bridgehead atoms. The largest absolute Gasteiger partial charge is 0.444 e. The van der Waals surface area contributed by atoms with Crippen molar-refractivity contribution in [1.82, 2.24) is 5.32 Å². The van der Waals surface area contributed by atoms with Gasteiger partial charge < -0.3 is 9.47 Å². The highest BCUT2D eigenvalue weighted by atomic mass is 32.2. The Balaban J connectivity index is 4.97. The molecule has 21 heavy (non-hydrogen) atoms. The third-order valence-corrected chi connectivity index (χ3v) is 3.92. The van der Waals surface area contributed by atoms with Gasteiger partial charge in [-0.15, -0.1) is 0 Å². The van der Waals surface area contributed by atoms with Crippen LogP contribution in [-0.2, 0) is 9.47 Å². The Morgan fingerprint density at radius 3 is 1.90 bits per heavy atom. The van der Waals surface area contributed by atoms with Gasteiger partial charge in [0.05, 0.1) is 0 Å². The summed E-state index contributed by atoms with van der Waals surface area (Å²) in [5.74, 6) is 0.784. The van der Waals surface area contributed by atoms with E-state index in [-0.39, 0.29) is 0 Å². The van der Waals surface area contributed by atoms with Crippen molar-refractivity contribution in [3.8, 4) is 0 Å². The van der Waals surface area contributed by atoms with Crippen LogP contribution in [0.15, 0.2) is 4.99 Å². The summed E-state index contributed by atoms with van der Waals surface area (Å²) in [4.78, 5) is 27.4. The number of amidine groups is 1. The second-order valence-electron chi connectivity index (χ2n) is 6.56. The number of aliphatic imine (C=N–C) groups is 1. The molecule has 6 nitrogen and oxygen atoms in total. The molecule has 0 aliphatic heterocycles. The van der Waals surface area contributed by atoms with E-state index in [0.717, 1.165) is 5.75 Å². The molecule has 124 valence electrons. The molecule has 0 radical (unpaired) electrons. The average Bonchev–Trinajstić information content (AvgIpc) is 2.21. The van der Waals surface area contributed by atoms with Crippen molar-refractivity contribution < 1.29 is 19.1 Å². The van der Waals surface area contributed by atoms with E-state index in [4.69, 9.17) is 9.47 Å². The maximum Gasteiger partial charge on any atom is 0.436 e. The maximum absolute atomic E-state index is 11.8. The highest BCUT2D eigenvalue weighted by molar-refractivity contribution is 8.29. The summed E-state index contributed by atoms with van der Waals surface area (Å²) in [6, 6.07) is 0. The quantitative estimate of drug-likeness (QED) is 0.441. The number of thiol groups is 1. The molecule has 0 heterocycles. The second-order valence-corrected chi connectivity index (χ2v) is 9.01. The zero-order valence-electron chi connectivity index (χ0n) is 14.2. The Bertz CT molecular complexity index is 408. The van der Waals surface area contributed by atoms with Crippen LogP contribution in [0.2, 0.25) is 0 Å². The van der Waals surface area contributed by atoms with Crippen molar-refractivity contribution in [3.05, 3.63) is 0 Å². The molecule has 0 saturated carbocycles. The van der Waals surface area contributed by atoms with E-state index in [1.807, 2.05) is 13.2 Å². The van der Waals surface area contributed by atoms with E-state index in [2.05, 4.69) is 10.3 Å². The van der Waals surface area contributed by atoms with Crippen LogP contribution in [0.3, 0.4) is 0 Å². The predicted molar refractivity (Wildman–Crippen MR) is 88.5 cm³/mol. The third kappa shape index (κ3) is 10.2. The van der Waals surface area contributed by atoms with Crippen molar-refractivity contribution in [2.24, 2.45) is 4.99 Å². The van der Waals surface area contributed by atoms with E-state index in [1.54, 1.807) is 41.5 Å². The molecule has 1 N–H and O–H groups in total. The molecule has 0 fully saturated rings. The Morgan fingerprint density at radius 2 is 1.52 bits per heavy atom. The predicted octanol–water partition coefficient (Wildman–Crippen LogP) is 3.45. The third-order valence-electron chi connectivity index (χ3n) is 2.04. The summed E-state index contributed by atoms with van der Waals surface area (Å²) >= 11 is 0. The molecule has 0 rings (SSSR count). The zero-order chi connectivity index (χ0) is 16.8. The van der Waals surface area contributed by atoms with Crippen molar-refractivity contribution in [1.29, 1.82) is 0 Å². The number of amides is 2. The molecule has 0 saturated heterocycles. The molecule has 0 spiro atoms. The van der Waals surface area contributed by atoms with Gasteiger partial charge in [0, 0.05) is 0 Å². The van der Waals surface area contributed by atoms with Crippen molar-refractivity contribution in [2.75, 3.05) is 12.0 Å². The van der Waals surface area contributed by atoms with Crippen LogP contribution >= 0.6 is 10.9 Å². The van der Waals surface area contributed by atoms with Gasteiger partial charge in [0.25, 0.3) is 0 Å². The minimum absolute atomic E-state index is 0.316. The van der Waals surface area contributed by atoms with E-state index in [1.165, 1.54) is 0 Å². The molecule has 0 aliphatic rings. The lowest BCUT2D eigenvalue weighted by Crippen LogP contribution is -2.37. The lowest BCUT2D eigenvalue weighted by atomic mass is 10.2. The lowest BCUT2D eigenvalue weighted by molar-refractivity contribution is 0.0564. The van der Waals surface area contributed by atoms with Gasteiger partial charge >= 0.3 is 12.2 Å². The van der Waals surface area contributed by atoms with Crippen LogP contribution in [0, 0.1) is 0 Å². The molecule has 1 atom stereocenters. The first-order chi connectivity index (χ1) is 9.34. The van der Waals surface area contributed by atoms with Crippen LogP contribution < -0.4 is 5.32 Å². The van der Waals surface area contributed by atoms with Gasteiger partial charge in [-0.2, -0.15) is 15.9 Å². The zero-order valence-corrected chi connectivity index (χ0v) is 15.1. The SMILES string of the molecule is CC[SH](C)/C(=N\C(=O)OC(C)(C)C)NC(=O)OC(C)(C)C. The number of rotatable bonds is 1. The smallest absolute Gasteiger partial charge is 0.436 e. The molecule has 1 unspecified atom stereocenters. The Hall–Kier alpha value is -1.24. The summed E-state index contributed by atoms with van der Waals surface area (Å²) in [6.45, 7) is 12.6. The minimum atomic E-state index is -0.753. The number of carbonyl (C=O) groups is 2. The molecular formula is C14H28N2O4S. The average molecular weight is 320 g/mol. The Labute approximate surface area is 130 Å². The standard InChI is InChI=1S/C14H28N2O4S/c1-9-21(8)10(15-11(17)19-13(2,3)4)16-12(18)20-14(5,6)7/h21H,9H2,1-8H3,(H,15,16,17,18). The van der Waals surface area contributed by atoms with Gasteiger partial charge in [-0.1, -0.05) is 6.92 Å². The number of nitrogens with zero attached hydrogens (tertiary/aromatic N) is 1. The molecule has 0 aromatic carbocycles. The number of alkyl carbamates (subject to hydrolysis) is 1. The fraction of sp³-hybridized carbons (Fsp3) is 0.786. The number of carbonyl (C=O) groups excluding carboxylic acids is 2. The Morgan fingerprint density at radius 1 is 1.05 bits per heavy atom. The number of ether oxygens (including phenoxy) is 2. The molecule has 0 aromatic heterocycles. The molecular weight excluding hydrogens is 292 g/mol. The van der Waals surface area contributed by atoms with Crippen LogP contribution in [0.25, 0.3) is 0 Å². The van der Waals surface area contributed by atoms with Gasteiger partial charge in [-0.3, -0.25) is 5.32 Å². The van der Waals surface area contributed by atoms with Gasteiger partial charge in [0.1, 0.15) is 11.2 Å². The summed E-state index contributed by atoms with van der Waals surface area (Å²) in [5, 5.41) is 2.87. The van der Waals surface area contributed by atoms with Crippen molar-refractivity contribution in [3.63, 3.8) is 0 Å². The highest BCUT2D eigenvalue weighted by Crippen LogP contribution is 2.21. The molecule has 0 aromatic rings. The van der Waals surface area contributed by atoms with Crippen LogP contribution in [0.1, 0.15) is 48.5 Å². The summed E-state index contributed by atoms with van der Waals surface area (Å²) < 4.78 is 10.3. The minimum Gasteiger partial charge on any atom is -0.444 e. The fourth-order valence-electron chi connectivity index (χ4n) is 1.12. The first-order valence-corrected chi connectivity index (χ1v) is 8.84.